The van der Waals surface area contributed by atoms with Crippen LogP contribution in [0.3, 0.4) is 0 Å². The molecule has 0 saturated carbocycles. The van der Waals surface area contributed by atoms with E-state index in [2.05, 4.69) is 26.2 Å². The van der Waals surface area contributed by atoms with E-state index in [1.807, 2.05) is 0 Å². The van der Waals surface area contributed by atoms with Crippen LogP contribution < -0.4 is 5.32 Å². The van der Waals surface area contributed by atoms with E-state index in [0.717, 1.165) is 4.60 Å². The van der Waals surface area contributed by atoms with Gasteiger partial charge in [0, 0.05) is 7.11 Å². The fourth-order valence-electron chi connectivity index (χ4n) is 0.801. The van der Waals surface area contributed by atoms with Crippen molar-refractivity contribution in [1.82, 2.24) is 4.98 Å². The summed E-state index contributed by atoms with van der Waals surface area (Å²) in [6.07, 6.45) is 1.11. The van der Waals surface area contributed by atoms with E-state index in [1.165, 1.54) is 7.11 Å². The Labute approximate surface area is 90.8 Å². The molecule has 1 aromatic heterocycles. The van der Waals surface area contributed by atoms with Crippen LogP contribution >= 0.6 is 15.9 Å². The quantitative estimate of drug-likeness (QED) is 0.842. The molecule has 1 heterocycles. The molecule has 1 amide bonds. The van der Waals surface area contributed by atoms with E-state index < -0.39 is 6.10 Å². The molecule has 1 aromatic rings. The third-order valence-electron chi connectivity index (χ3n) is 1.72. The summed E-state index contributed by atoms with van der Waals surface area (Å²) in [5, 5.41) is 2.67. The molecular formula is C9H11BrN2O2. The first-order chi connectivity index (χ1) is 6.63. The molecule has 0 aliphatic carbocycles. The number of rotatable bonds is 3. The highest BCUT2D eigenvalue weighted by Gasteiger charge is 2.11. The zero-order valence-electron chi connectivity index (χ0n) is 7.95. The number of hydrogen-bond donors (Lipinski definition) is 1. The molecule has 0 bridgehead atoms. The molecule has 1 N–H and O–H groups in total. The van der Waals surface area contributed by atoms with E-state index in [9.17, 15) is 4.79 Å². The highest BCUT2D eigenvalue weighted by atomic mass is 79.9. The molecule has 14 heavy (non-hydrogen) atoms. The Morgan fingerprint density at radius 1 is 1.64 bits per heavy atom. The molecule has 76 valence electrons. The molecule has 0 aromatic carbocycles. The lowest BCUT2D eigenvalue weighted by atomic mass is 10.3. The van der Waals surface area contributed by atoms with Crippen molar-refractivity contribution < 1.29 is 9.53 Å². The van der Waals surface area contributed by atoms with Gasteiger partial charge in [0.15, 0.2) is 0 Å². The number of ether oxygens (including phenoxy) is 1. The van der Waals surface area contributed by atoms with Gasteiger partial charge in [0.05, 0.1) is 11.9 Å². The van der Waals surface area contributed by atoms with Crippen molar-refractivity contribution in [1.29, 1.82) is 0 Å². The van der Waals surface area contributed by atoms with Crippen LogP contribution in [0, 0.1) is 0 Å². The third kappa shape index (κ3) is 3.08. The second-order valence-electron chi connectivity index (χ2n) is 2.74. The highest BCUT2D eigenvalue weighted by molar-refractivity contribution is 9.10. The van der Waals surface area contributed by atoms with Gasteiger partial charge in [-0.15, -0.1) is 0 Å². The Hall–Kier alpha value is -0.940. The standard InChI is InChI=1S/C9H11BrN2O2/c1-6(14-2)9(13)12-7-3-4-8(10)11-5-7/h3-6H,1-2H3,(H,12,13). The molecular weight excluding hydrogens is 248 g/mol. The Morgan fingerprint density at radius 2 is 2.36 bits per heavy atom. The first kappa shape index (κ1) is 11.1. The highest BCUT2D eigenvalue weighted by Crippen LogP contribution is 2.10. The van der Waals surface area contributed by atoms with Gasteiger partial charge in [-0.1, -0.05) is 0 Å². The first-order valence-electron chi connectivity index (χ1n) is 4.08. The summed E-state index contributed by atoms with van der Waals surface area (Å²) in [7, 11) is 1.49. The minimum atomic E-state index is -0.460. The van der Waals surface area contributed by atoms with Crippen molar-refractivity contribution in [2.75, 3.05) is 12.4 Å². The molecule has 0 spiro atoms. The topological polar surface area (TPSA) is 51.2 Å². The predicted molar refractivity (Wildman–Crippen MR) is 57.0 cm³/mol. The zero-order valence-corrected chi connectivity index (χ0v) is 9.54. The molecule has 0 aliphatic rings. The molecule has 1 unspecified atom stereocenters. The fourth-order valence-corrected chi connectivity index (χ4v) is 1.04. The molecule has 5 heteroatoms. The lowest BCUT2D eigenvalue weighted by molar-refractivity contribution is -0.124. The Balaban J connectivity index is 2.60. The van der Waals surface area contributed by atoms with Gasteiger partial charge in [0.2, 0.25) is 0 Å². The van der Waals surface area contributed by atoms with Gasteiger partial charge < -0.3 is 10.1 Å². The second kappa shape index (κ2) is 5.07. The second-order valence-corrected chi connectivity index (χ2v) is 3.55. The summed E-state index contributed by atoms with van der Waals surface area (Å²) in [5.74, 6) is -0.184. The molecule has 1 rings (SSSR count). The number of carbonyl (C=O) groups is 1. The number of anilines is 1. The third-order valence-corrected chi connectivity index (χ3v) is 2.19. The minimum Gasteiger partial charge on any atom is -0.372 e. The normalized spacial score (nSPS) is 12.2. The van der Waals surface area contributed by atoms with Crippen LogP contribution in [-0.2, 0) is 9.53 Å². The Morgan fingerprint density at radius 3 is 2.86 bits per heavy atom. The molecule has 0 radical (unpaired) electrons. The number of pyridine rings is 1. The molecule has 0 aliphatic heterocycles. The number of nitrogens with zero attached hydrogens (tertiary/aromatic N) is 1. The van der Waals surface area contributed by atoms with Crippen molar-refractivity contribution in [2.45, 2.75) is 13.0 Å². The van der Waals surface area contributed by atoms with E-state index in [0.29, 0.717) is 5.69 Å². The average Bonchev–Trinajstić information content (AvgIpc) is 2.20. The number of nitrogens with one attached hydrogen (secondary N) is 1. The monoisotopic (exact) mass is 258 g/mol. The minimum absolute atomic E-state index is 0.184. The number of aromatic nitrogens is 1. The van der Waals surface area contributed by atoms with Crippen molar-refractivity contribution in [2.24, 2.45) is 0 Å². The lowest BCUT2D eigenvalue weighted by Crippen LogP contribution is -2.26. The first-order valence-corrected chi connectivity index (χ1v) is 4.88. The maximum absolute atomic E-state index is 11.4. The van der Waals surface area contributed by atoms with Gasteiger partial charge >= 0.3 is 0 Å². The van der Waals surface area contributed by atoms with Crippen molar-refractivity contribution in [3.63, 3.8) is 0 Å². The number of halogens is 1. The van der Waals surface area contributed by atoms with Crippen molar-refractivity contribution >= 4 is 27.5 Å². The summed E-state index contributed by atoms with van der Waals surface area (Å²) in [4.78, 5) is 15.3. The summed E-state index contributed by atoms with van der Waals surface area (Å²) >= 11 is 3.21. The number of amides is 1. The zero-order chi connectivity index (χ0) is 10.6. The maximum Gasteiger partial charge on any atom is 0.253 e. The van der Waals surface area contributed by atoms with E-state index in [1.54, 1.807) is 25.3 Å². The van der Waals surface area contributed by atoms with Gasteiger partial charge in [0.1, 0.15) is 10.7 Å². The summed E-state index contributed by atoms with van der Waals surface area (Å²) in [5.41, 5.74) is 0.655. The van der Waals surface area contributed by atoms with Crippen LogP contribution in [-0.4, -0.2) is 24.1 Å². The van der Waals surface area contributed by atoms with Crippen molar-refractivity contribution in [3.8, 4) is 0 Å². The summed E-state index contributed by atoms with van der Waals surface area (Å²) in [6, 6.07) is 3.52. The van der Waals surface area contributed by atoms with Crippen LogP contribution in [0.1, 0.15) is 6.92 Å². The van der Waals surface area contributed by atoms with Crippen LogP contribution in [0.25, 0.3) is 0 Å². The Bertz CT molecular complexity index is 313. The van der Waals surface area contributed by atoms with Crippen LogP contribution in [0.4, 0.5) is 5.69 Å². The summed E-state index contributed by atoms with van der Waals surface area (Å²) < 4.78 is 5.60. The van der Waals surface area contributed by atoms with Crippen molar-refractivity contribution in [3.05, 3.63) is 22.9 Å². The molecule has 0 fully saturated rings. The number of carbonyl (C=O) groups excluding carboxylic acids is 1. The van der Waals surface area contributed by atoms with Crippen LogP contribution in [0.15, 0.2) is 22.9 Å². The number of methoxy groups -OCH3 is 1. The lowest BCUT2D eigenvalue weighted by Gasteiger charge is -2.09. The SMILES string of the molecule is COC(C)C(=O)Nc1ccc(Br)nc1. The summed E-state index contributed by atoms with van der Waals surface area (Å²) in [6.45, 7) is 1.68. The number of hydrogen-bond acceptors (Lipinski definition) is 3. The van der Waals surface area contributed by atoms with Crippen LogP contribution in [0.5, 0.6) is 0 Å². The predicted octanol–water partition coefficient (Wildman–Crippen LogP) is 1.82. The average molecular weight is 259 g/mol. The maximum atomic E-state index is 11.4. The molecule has 4 nitrogen and oxygen atoms in total. The van der Waals surface area contributed by atoms with E-state index >= 15 is 0 Å². The van der Waals surface area contributed by atoms with Gasteiger partial charge in [-0.25, -0.2) is 4.98 Å². The van der Waals surface area contributed by atoms with Gasteiger partial charge in [-0.05, 0) is 35.0 Å². The van der Waals surface area contributed by atoms with Gasteiger partial charge in [-0.3, -0.25) is 4.79 Å². The van der Waals surface area contributed by atoms with E-state index in [-0.39, 0.29) is 5.91 Å². The smallest absolute Gasteiger partial charge is 0.253 e. The van der Waals surface area contributed by atoms with Gasteiger partial charge in [0.25, 0.3) is 5.91 Å². The molecule has 0 saturated heterocycles. The molecule has 1 atom stereocenters. The van der Waals surface area contributed by atoms with Crippen LogP contribution in [0.2, 0.25) is 0 Å². The van der Waals surface area contributed by atoms with E-state index in [4.69, 9.17) is 4.74 Å². The fraction of sp³-hybridized carbons (Fsp3) is 0.333. The van der Waals surface area contributed by atoms with Gasteiger partial charge in [-0.2, -0.15) is 0 Å². The largest absolute Gasteiger partial charge is 0.372 e. The Kier molecular flexibility index (Phi) is 4.03.